The minimum atomic E-state index is -0.804. The number of imidazole rings is 1. The molecule has 0 bridgehead atoms. The predicted octanol–water partition coefficient (Wildman–Crippen LogP) is 5.74. The van der Waals surface area contributed by atoms with E-state index in [1.807, 2.05) is 36.5 Å². The number of halogens is 1. The van der Waals surface area contributed by atoms with Crippen molar-refractivity contribution in [3.8, 4) is 11.3 Å². The highest BCUT2D eigenvalue weighted by Crippen LogP contribution is 2.39. The third kappa shape index (κ3) is 8.90. The number of ether oxygens (including phenoxy) is 2. The molecule has 67 heavy (non-hydrogen) atoms. The van der Waals surface area contributed by atoms with Crippen molar-refractivity contribution in [2.45, 2.75) is 77.3 Å². The Balaban J connectivity index is 0.707. The smallest absolute Gasteiger partial charge is 0.417 e. The zero-order chi connectivity index (χ0) is 46.6. The molecule has 5 aliphatic heterocycles. The Bertz CT molecular complexity index is 2770. The molecule has 3 aromatic heterocycles. The summed E-state index contributed by atoms with van der Waals surface area (Å²) in [5.74, 6) is -1.22. The third-order valence-electron chi connectivity index (χ3n) is 13.3. The van der Waals surface area contributed by atoms with Gasteiger partial charge < -0.3 is 29.5 Å². The number of piperazine rings is 1. The van der Waals surface area contributed by atoms with Gasteiger partial charge in [-0.05, 0) is 93.6 Å². The first kappa shape index (κ1) is 43.9. The molecule has 8 heterocycles. The fraction of sp³-hybridized carbons (Fsp3) is 0.408. The zero-order valence-corrected chi connectivity index (χ0v) is 37.8. The molecule has 3 saturated heterocycles. The second kappa shape index (κ2) is 17.7. The monoisotopic (exact) mass is 912 g/mol. The van der Waals surface area contributed by atoms with Gasteiger partial charge in [-0.25, -0.2) is 24.1 Å². The highest BCUT2D eigenvalue weighted by molar-refractivity contribution is 6.12. The molecule has 5 aliphatic rings. The van der Waals surface area contributed by atoms with Crippen LogP contribution in [-0.2, 0) is 32.2 Å². The number of hydrogen-bond acceptors (Lipinski definition) is 13. The number of hydrogen-bond donors (Lipinski definition) is 2. The Labute approximate surface area is 386 Å². The maximum Gasteiger partial charge on any atom is 0.417 e. The molecule has 18 heteroatoms. The Kier molecular flexibility index (Phi) is 11.6. The molecule has 1 unspecified atom stereocenters. The van der Waals surface area contributed by atoms with E-state index in [9.17, 15) is 28.4 Å². The van der Waals surface area contributed by atoms with E-state index in [2.05, 4.69) is 36.4 Å². The van der Waals surface area contributed by atoms with Crippen molar-refractivity contribution < 1.29 is 37.8 Å². The van der Waals surface area contributed by atoms with Crippen molar-refractivity contribution in [2.24, 2.45) is 0 Å². The van der Waals surface area contributed by atoms with Gasteiger partial charge in [-0.3, -0.25) is 33.8 Å². The number of anilines is 4. The van der Waals surface area contributed by atoms with Crippen molar-refractivity contribution in [1.82, 2.24) is 34.4 Å². The van der Waals surface area contributed by atoms with Crippen LogP contribution < -0.4 is 20.4 Å². The van der Waals surface area contributed by atoms with Crippen LogP contribution in [0.1, 0.15) is 78.3 Å². The zero-order valence-electron chi connectivity index (χ0n) is 37.8. The molecular formula is C49H53FN10O7. The first-order valence-corrected chi connectivity index (χ1v) is 22.9. The minimum Gasteiger partial charge on any atom is -0.443 e. The van der Waals surface area contributed by atoms with Crippen LogP contribution in [0.25, 0.3) is 16.9 Å². The summed E-state index contributed by atoms with van der Waals surface area (Å²) < 4.78 is 27.7. The predicted molar refractivity (Wildman–Crippen MR) is 247 cm³/mol. The molecule has 348 valence electrons. The maximum absolute atomic E-state index is 14.0. The summed E-state index contributed by atoms with van der Waals surface area (Å²) in [6.45, 7) is 12.3. The van der Waals surface area contributed by atoms with Gasteiger partial charge in [-0.1, -0.05) is 6.07 Å². The molecule has 5 amide bonds. The summed E-state index contributed by atoms with van der Waals surface area (Å²) in [5.41, 5.74) is 5.99. The summed E-state index contributed by atoms with van der Waals surface area (Å²) in [4.78, 5) is 83.4. The lowest BCUT2D eigenvalue weighted by atomic mass is 9.99. The van der Waals surface area contributed by atoms with Crippen LogP contribution in [-0.4, -0.2) is 129 Å². The number of rotatable bonds is 10. The molecule has 2 N–H and O–H groups in total. The van der Waals surface area contributed by atoms with Gasteiger partial charge in [0.15, 0.2) is 0 Å². The first-order valence-electron chi connectivity index (χ1n) is 22.9. The van der Waals surface area contributed by atoms with Gasteiger partial charge in [0.2, 0.25) is 11.8 Å². The number of imide groups is 2. The SMILES string of the molecule is CC(C)(C)OC(=O)N1Cc2c(-c3cnc4cc(F)ccn34)ccc(Nc3ccc(N4CCC(OCCN5CCN(c6ccc7c(c6)CN(C6CCC(=O)NC6=O)C7=O)CC5)CC4)cn3)c2C1=O. The van der Waals surface area contributed by atoms with Gasteiger partial charge in [-0.2, -0.15) is 0 Å². The molecule has 1 atom stereocenters. The second-order valence-corrected chi connectivity index (χ2v) is 18.8. The lowest BCUT2D eigenvalue weighted by Gasteiger charge is -2.37. The van der Waals surface area contributed by atoms with Gasteiger partial charge >= 0.3 is 6.09 Å². The normalized spacial score (nSPS) is 19.3. The van der Waals surface area contributed by atoms with Crippen LogP contribution >= 0.6 is 0 Å². The van der Waals surface area contributed by atoms with E-state index in [-0.39, 0.29) is 30.9 Å². The Morgan fingerprint density at radius 3 is 2.34 bits per heavy atom. The molecule has 10 rings (SSSR count). The van der Waals surface area contributed by atoms with Crippen LogP contribution in [0.4, 0.5) is 32.1 Å². The number of pyridine rings is 2. The third-order valence-corrected chi connectivity index (χ3v) is 13.3. The Hall–Kier alpha value is -6.92. The highest BCUT2D eigenvalue weighted by atomic mass is 19.1. The summed E-state index contributed by atoms with van der Waals surface area (Å²) in [7, 11) is 0. The van der Waals surface area contributed by atoms with E-state index in [0.717, 1.165) is 80.5 Å². The van der Waals surface area contributed by atoms with Crippen molar-refractivity contribution >= 4 is 58.2 Å². The van der Waals surface area contributed by atoms with Gasteiger partial charge in [0.25, 0.3) is 11.8 Å². The Morgan fingerprint density at radius 2 is 1.60 bits per heavy atom. The van der Waals surface area contributed by atoms with Crippen LogP contribution in [0.15, 0.2) is 73.2 Å². The van der Waals surface area contributed by atoms with E-state index >= 15 is 0 Å². The van der Waals surface area contributed by atoms with Crippen LogP contribution in [0.2, 0.25) is 0 Å². The lowest BCUT2D eigenvalue weighted by molar-refractivity contribution is -0.136. The van der Waals surface area contributed by atoms with Crippen molar-refractivity contribution in [3.05, 3.63) is 101 Å². The summed E-state index contributed by atoms with van der Waals surface area (Å²) >= 11 is 0. The molecule has 17 nitrogen and oxygen atoms in total. The van der Waals surface area contributed by atoms with Crippen LogP contribution in [0.3, 0.4) is 0 Å². The Morgan fingerprint density at radius 1 is 0.836 bits per heavy atom. The molecule has 0 saturated carbocycles. The average Bonchev–Trinajstić information content (AvgIpc) is 3.99. The quantitative estimate of drug-likeness (QED) is 0.163. The summed E-state index contributed by atoms with van der Waals surface area (Å²) in [6.07, 6.45) is 6.85. The number of aromatic nitrogens is 3. The van der Waals surface area contributed by atoms with Crippen LogP contribution in [0.5, 0.6) is 0 Å². The molecule has 3 fully saturated rings. The molecule has 5 aromatic rings. The molecule has 0 aliphatic carbocycles. The standard InChI is InChI=1S/C49H53FN10O7/c1-49(2,3)67-48(65)60-29-37-36(40-27-52-42-25-31(50)12-17-58(40)42)7-8-38(44(37)47(60)64)53-41-10-5-33(26-51-41)56-15-13-34(14-16-56)66-23-22-55-18-20-57(21-19-55)32-4-6-35-30(24-32)28-59(46(35)63)39-9-11-43(61)54-45(39)62/h4-8,10,12,17,24-27,34,39H,9,11,13-16,18-23,28-29H2,1-3H3,(H,51,53)(H,54,61,62). The van der Waals surface area contributed by atoms with E-state index in [0.29, 0.717) is 64.7 Å². The number of nitrogens with one attached hydrogen (secondary N) is 2. The fourth-order valence-corrected chi connectivity index (χ4v) is 9.79. The number of amides is 5. The van der Waals surface area contributed by atoms with Gasteiger partial charge in [0.1, 0.15) is 28.9 Å². The number of carbonyl (C=O) groups excluding carboxylic acids is 5. The number of benzene rings is 2. The second-order valence-electron chi connectivity index (χ2n) is 18.8. The largest absolute Gasteiger partial charge is 0.443 e. The van der Waals surface area contributed by atoms with E-state index in [4.69, 9.17) is 14.5 Å². The summed E-state index contributed by atoms with van der Waals surface area (Å²) in [6, 6.07) is 15.5. The molecular weight excluding hydrogens is 860 g/mol. The van der Waals surface area contributed by atoms with E-state index < -0.39 is 35.4 Å². The average molecular weight is 913 g/mol. The van der Waals surface area contributed by atoms with Crippen molar-refractivity contribution in [3.63, 3.8) is 0 Å². The highest BCUT2D eigenvalue weighted by Gasteiger charge is 2.41. The summed E-state index contributed by atoms with van der Waals surface area (Å²) in [5, 5.41) is 5.69. The lowest BCUT2D eigenvalue weighted by Crippen LogP contribution is -2.52. The van der Waals surface area contributed by atoms with E-state index in [1.165, 1.54) is 12.1 Å². The van der Waals surface area contributed by atoms with Crippen LogP contribution in [0, 0.1) is 5.82 Å². The number of piperidine rings is 2. The van der Waals surface area contributed by atoms with Gasteiger partial charge in [0.05, 0.1) is 54.3 Å². The molecule has 2 aromatic carbocycles. The number of carbonyl (C=O) groups is 5. The topological polar surface area (TPSA) is 174 Å². The first-order chi connectivity index (χ1) is 32.3. The van der Waals surface area contributed by atoms with Crippen molar-refractivity contribution in [1.29, 1.82) is 0 Å². The fourth-order valence-electron chi connectivity index (χ4n) is 9.79. The van der Waals surface area contributed by atoms with Crippen molar-refractivity contribution in [2.75, 3.05) is 67.5 Å². The van der Waals surface area contributed by atoms with E-state index in [1.54, 1.807) is 48.5 Å². The number of nitrogens with zero attached hydrogens (tertiary/aromatic N) is 8. The minimum absolute atomic E-state index is 0.00854. The number of fused-ring (bicyclic) bond motifs is 3. The molecule has 0 spiro atoms. The van der Waals surface area contributed by atoms with Gasteiger partial charge in [-0.15, -0.1) is 0 Å². The molecule has 0 radical (unpaired) electrons. The van der Waals surface area contributed by atoms with Gasteiger partial charge in [0, 0.05) is 87.9 Å². The maximum atomic E-state index is 14.0.